The highest BCUT2D eigenvalue weighted by Gasteiger charge is 2.26. The van der Waals surface area contributed by atoms with Crippen LogP contribution >= 0.6 is 11.3 Å². The number of methoxy groups -OCH3 is 1. The van der Waals surface area contributed by atoms with Crippen LogP contribution in [0.1, 0.15) is 30.9 Å². The molecule has 166 valence electrons. The maximum absolute atomic E-state index is 14.1. The number of fused-ring (bicyclic) bond motifs is 1. The summed E-state index contributed by atoms with van der Waals surface area (Å²) in [6, 6.07) is 5.97. The molecule has 0 radical (unpaired) electrons. The zero-order chi connectivity index (χ0) is 23.0. The highest BCUT2D eigenvalue weighted by molar-refractivity contribution is 7.22. The molecule has 3 aromatic rings. The molecular weight excluding hydrogens is 435 g/mol. The van der Waals surface area contributed by atoms with Crippen LogP contribution in [0.4, 0.5) is 4.39 Å². The number of thiophene rings is 1. The summed E-state index contributed by atoms with van der Waals surface area (Å²) in [5.41, 5.74) is 0.562. The van der Waals surface area contributed by atoms with E-state index in [0.29, 0.717) is 45.6 Å². The van der Waals surface area contributed by atoms with Gasteiger partial charge in [-0.3, -0.25) is 18.7 Å². The average Bonchev–Trinajstić information content (AvgIpc) is 3.08. The number of aromatic nitrogens is 2. The Morgan fingerprint density at radius 1 is 1.31 bits per heavy atom. The molecule has 0 saturated carbocycles. The highest BCUT2D eigenvalue weighted by atomic mass is 32.1. The van der Waals surface area contributed by atoms with Crippen molar-refractivity contribution in [3.63, 3.8) is 0 Å². The van der Waals surface area contributed by atoms with Gasteiger partial charge in [0.25, 0.3) is 5.56 Å². The van der Waals surface area contributed by atoms with Gasteiger partial charge in [0.2, 0.25) is 5.91 Å². The number of halogens is 1. The monoisotopic (exact) mass is 456 g/mol. The number of nitriles is 1. The van der Waals surface area contributed by atoms with Crippen LogP contribution in [0.25, 0.3) is 20.7 Å². The quantitative estimate of drug-likeness (QED) is 0.650. The van der Waals surface area contributed by atoms with Gasteiger partial charge in [-0.25, -0.2) is 9.18 Å². The molecule has 1 aliphatic rings. The normalized spacial score (nSPS) is 16.4. The van der Waals surface area contributed by atoms with Crippen molar-refractivity contribution in [3.8, 4) is 22.3 Å². The Hall–Kier alpha value is -3.45. The molecule has 1 fully saturated rings. The Balaban J connectivity index is 1.97. The lowest BCUT2D eigenvalue weighted by molar-refractivity contribution is -0.121. The summed E-state index contributed by atoms with van der Waals surface area (Å²) in [5.74, 6) is -0.642. The first kappa shape index (κ1) is 21.8. The fourth-order valence-electron chi connectivity index (χ4n) is 4.09. The molecule has 0 spiro atoms. The SMILES string of the molecule is COc1cc(-c2cc3c(s2)c(=O)n(C2CCCNC(=O)C2)c(=O)n3CC#N)c(C)cc1F. The fourth-order valence-corrected chi connectivity index (χ4v) is 5.27. The van der Waals surface area contributed by atoms with E-state index in [1.807, 2.05) is 6.07 Å². The second-order valence-electron chi connectivity index (χ2n) is 7.68. The molecule has 8 nitrogen and oxygen atoms in total. The molecule has 4 rings (SSSR count). The van der Waals surface area contributed by atoms with Crippen molar-refractivity contribution in [3.05, 3.63) is 50.4 Å². The Morgan fingerprint density at radius 3 is 2.81 bits per heavy atom. The Morgan fingerprint density at radius 2 is 2.09 bits per heavy atom. The summed E-state index contributed by atoms with van der Waals surface area (Å²) in [4.78, 5) is 39.3. The summed E-state index contributed by atoms with van der Waals surface area (Å²) in [5, 5.41) is 12.1. The molecule has 1 aliphatic heterocycles. The minimum atomic E-state index is -0.610. The third-order valence-electron chi connectivity index (χ3n) is 5.67. The Kier molecular flexibility index (Phi) is 5.84. The predicted octanol–water partition coefficient (Wildman–Crippen LogP) is 2.71. The first-order valence-electron chi connectivity index (χ1n) is 10.1. The van der Waals surface area contributed by atoms with Crippen LogP contribution in [0, 0.1) is 24.1 Å². The minimum Gasteiger partial charge on any atom is -0.494 e. The lowest BCUT2D eigenvalue weighted by atomic mass is 10.1. The molecule has 1 N–H and O–H groups in total. The molecular formula is C22H21FN4O4S. The molecule has 1 amide bonds. The maximum atomic E-state index is 14.1. The lowest BCUT2D eigenvalue weighted by Crippen LogP contribution is -2.42. The molecule has 1 atom stereocenters. The second-order valence-corrected chi connectivity index (χ2v) is 8.73. The predicted molar refractivity (Wildman–Crippen MR) is 119 cm³/mol. The van der Waals surface area contributed by atoms with Gasteiger partial charge >= 0.3 is 5.69 Å². The van der Waals surface area contributed by atoms with Gasteiger partial charge in [-0.2, -0.15) is 5.26 Å². The summed E-state index contributed by atoms with van der Waals surface area (Å²) in [7, 11) is 1.37. The van der Waals surface area contributed by atoms with Crippen molar-refractivity contribution in [2.75, 3.05) is 13.7 Å². The molecule has 1 saturated heterocycles. The van der Waals surface area contributed by atoms with Crippen molar-refractivity contribution >= 4 is 27.5 Å². The third kappa shape index (κ3) is 3.69. The average molecular weight is 456 g/mol. The summed E-state index contributed by atoms with van der Waals surface area (Å²) in [6.07, 6.45) is 1.17. The van der Waals surface area contributed by atoms with E-state index in [-0.39, 0.29) is 24.6 Å². The molecule has 0 aliphatic carbocycles. The number of benzene rings is 1. The fraction of sp³-hybridized carbons (Fsp3) is 0.364. The van der Waals surface area contributed by atoms with Crippen LogP contribution in [0.2, 0.25) is 0 Å². The molecule has 32 heavy (non-hydrogen) atoms. The van der Waals surface area contributed by atoms with Crippen LogP contribution in [0.15, 0.2) is 27.8 Å². The van der Waals surface area contributed by atoms with E-state index >= 15 is 0 Å². The topological polar surface area (TPSA) is 106 Å². The van der Waals surface area contributed by atoms with Gasteiger partial charge in [0, 0.05) is 17.8 Å². The zero-order valence-electron chi connectivity index (χ0n) is 17.6. The van der Waals surface area contributed by atoms with E-state index in [1.165, 1.54) is 29.1 Å². The smallest absolute Gasteiger partial charge is 0.332 e. The van der Waals surface area contributed by atoms with Crippen LogP contribution < -0.4 is 21.3 Å². The van der Waals surface area contributed by atoms with Crippen molar-refractivity contribution < 1.29 is 13.9 Å². The van der Waals surface area contributed by atoms with Crippen molar-refractivity contribution in [2.24, 2.45) is 0 Å². The molecule has 10 heteroatoms. The summed E-state index contributed by atoms with van der Waals surface area (Å²) < 4.78 is 21.8. The van der Waals surface area contributed by atoms with Gasteiger partial charge in [0.15, 0.2) is 11.6 Å². The molecule has 2 aromatic heterocycles. The van der Waals surface area contributed by atoms with Crippen molar-refractivity contribution in [2.45, 2.75) is 38.8 Å². The summed E-state index contributed by atoms with van der Waals surface area (Å²) in [6.45, 7) is 2.00. The van der Waals surface area contributed by atoms with E-state index < -0.39 is 23.1 Å². The second kappa shape index (κ2) is 8.59. The van der Waals surface area contributed by atoms with Crippen molar-refractivity contribution in [1.29, 1.82) is 5.26 Å². The molecule has 1 aromatic carbocycles. The van der Waals surface area contributed by atoms with Gasteiger partial charge in [-0.15, -0.1) is 11.3 Å². The number of hydrogen-bond donors (Lipinski definition) is 1. The van der Waals surface area contributed by atoms with E-state index in [4.69, 9.17) is 4.74 Å². The van der Waals surface area contributed by atoms with Gasteiger partial charge < -0.3 is 10.1 Å². The first-order chi connectivity index (χ1) is 15.3. The lowest BCUT2D eigenvalue weighted by Gasteiger charge is -2.17. The number of carbonyl (C=O) groups is 1. The molecule has 1 unspecified atom stereocenters. The van der Waals surface area contributed by atoms with Gasteiger partial charge in [0.1, 0.15) is 11.2 Å². The number of amides is 1. The molecule has 0 bridgehead atoms. The van der Waals surface area contributed by atoms with E-state index in [1.54, 1.807) is 19.1 Å². The van der Waals surface area contributed by atoms with Crippen LogP contribution in [0.5, 0.6) is 5.75 Å². The minimum absolute atomic E-state index is 0.0275. The maximum Gasteiger partial charge on any atom is 0.332 e. The number of ether oxygens (including phenoxy) is 1. The number of rotatable bonds is 4. The van der Waals surface area contributed by atoms with Crippen molar-refractivity contribution in [1.82, 2.24) is 14.5 Å². The standard InChI is InChI=1S/C22H21FN4O4S/c1-12-8-15(23)17(31-2)10-14(12)18-11-16-20(32-18)21(29)27(22(30)26(16)7-5-24)13-4-3-6-25-19(28)9-13/h8,10-11,13H,3-4,6-7,9H2,1-2H3,(H,25,28). The number of nitrogens with zero attached hydrogens (tertiary/aromatic N) is 3. The van der Waals surface area contributed by atoms with Crippen LogP contribution in [-0.2, 0) is 11.3 Å². The van der Waals surface area contributed by atoms with E-state index in [9.17, 15) is 24.0 Å². The van der Waals surface area contributed by atoms with E-state index in [0.717, 1.165) is 4.57 Å². The Labute approximate surface area is 186 Å². The van der Waals surface area contributed by atoms with Crippen LogP contribution in [-0.4, -0.2) is 28.7 Å². The van der Waals surface area contributed by atoms with E-state index in [2.05, 4.69) is 5.32 Å². The van der Waals surface area contributed by atoms with Gasteiger partial charge in [0.05, 0.1) is 24.7 Å². The van der Waals surface area contributed by atoms with Gasteiger partial charge in [-0.05, 0) is 49.1 Å². The number of nitrogens with one attached hydrogen (secondary N) is 1. The summed E-state index contributed by atoms with van der Waals surface area (Å²) >= 11 is 1.17. The largest absolute Gasteiger partial charge is 0.494 e. The number of aryl methyl sites for hydroxylation is 1. The third-order valence-corrected chi connectivity index (χ3v) is 6.81. The molecule has 3 heterocycles. The highest BCUT2D eigenvalue weighted by Crippen LogP contribution is 2.36. The number of carbonyl (C=O) groups excluding carboxylic acids is 1. The zero-order valence-corrected chi connectivity index (χ0v) is 18.4. The Bertz CT molecular complexity index is 1380. The first-order valence-corrected chi connectivity index (χ1v) is 10.9. The number of hydrogen-bond acceptors (Lipinski definition) is 6. The van der Waals surface area contributed by atoms with Gasteiger partial charge in [-0.1, -0.05) is 0 Å². The van der Waals surface area contributed by atoms with Crippen LogP contribution in [0.3, 0.4) is 0 Å².